The summed E-state index contributed by atoms with van der Waals surface area (Å²) < 4.78 is 16.4. The van der Waals surface area contributed by atoms with Gasteiger partial charge in [-0.05, 0) is 30.3 Å². The topological polar surface area (TPSA) is 69.0 Å². The molecule has 0 unspecified atom stereocenters. The number of anilines is 1. The highest BCUT2D eigenvalue weighted by Gasteiger charge is 2.34. The summed E-state index contributed by atoms with van der Waals surface area (Å²) in [6, 6.07) is 14.1. The molecule has 0 spiro atoms. The summed E-state index contributed by atoms with van der Waals surface area (Å²) in [6.45, 7) is 0.148. The van der Waals surface area contributed by atoms with Crippen molar-refractivity contribution in [3.63, 3.8) is 0 Å². The molecule has 0 radical (unpaired) electrons. The maximum atomic E-state index is 12.9. The van der Waals surface area contributed by atoms with Crippen molar-refractivity contribution < 1.29 is 18.7 Å². The average molecular weight is 409 g/mol. The number of carbonyl (C=O) groups is 1. The molecule has 0 N–H and O–H groups in total. The van der Waals surface area contributed by atoms with Gasteiger partial charge in [-0.3, -0.25) is 9.69 Å². The minimum Gasteiger partial charge on any atom is -0.454 e. The fourth-order valence-corrected chi connectivity index (χ4v) is 4.32. The molecule has 2 aliphatic rings. The summed E-state index contributed by atoms with van der Waals surface area (Å²) in [7, 11) is 0. The molecule has 1 amide bonds. The van der Waals surface area contributed by atoms with E-state index in [2.05, 4.69) is 0 Å². The number of rotatable bonds is 2. The fourth-order valence-electron chi connectivity index (χ4n) is 3.03. The van der Waals surface area contributed by atoms with Gasteiger partial charge in [-0.2, -0.15) is 0 Å². The molecule has 1 aromatic heterocycles. The van der Waals surface area contributed by atoms with Crippen LogP contribution < -0.4 is 20.0 Å². The number of nitrogens with zero attached hydrogens (tertiary/aromatic N) is 1. The lowest BCUT2D eigenvalue weighted by Gasteiger charge is -2.14. The van der Waals surface area contributed by atoms with Crippen LogP contribution in [0.25, 0.3) is 17.0 Å². The number of amides is 1. The molecule has 0 aliphatic carbocycles. The third-order valence-corrected chi connectivity index (χ3v) is 5.67. The first-order valence-electron chi connectivity index (χ1n) is 8.31. The van der Waals surface area contributed by atoms with Crippen molar-refractivity contribution in [2.75, 3.05) is 11.7 Å². The van der Waals surface area contributed by atoms with Crippen LogP contribution in [0.5, 0.6) is 11.5 Å². The van der Waals surface area contributed by atoms with Crippen LogP contribution in [0.2, 0.25) is 0 Å². The molecule has 3 heterocycles. The minimum absolute atomic E-state index is 0.148. The first-order chi connectivity index (χ1) is 13.6. The quantitative estimate of drug-likeness (QED) is 0.361. The summed E-state index contributed by atoms with van der Waals surface area (Å²) in [5.74, 6) is 0.880. The third kappa shape index (κ3) is 2.78. The molecular formula is C20H11NO5S2. The number of thioether (sulfide) groups is 1. The first kappa shape index (κ1) is 17.0. The van der Waals surface area contributed by atoms with Gasteiger partial charge >= 0.3 is 5.63 Å². The van der Waals surface area contributed by atoms with E-state index in [0.717, 1.165) is 17.1 Å². The Morgan fingerprint density at radius 3 is 2.75 bits per heavy atom. The molecule has 8 heteroatoms. The molecule has 2 aromatic carbocycles. The fraction of sp³-hybridized carbons (Fsp3) is 0.0500. The molecule has 0 atom stereocenters. The van der Waals surface area contributed by atoms with Gasteiger partial charge in [-0.25, -0.2) is 4.79 Å². The third-order valence-electron chi connectivity index (χ3n) is 4.36. The second-order valence-corrected chi connectivity index (χ2v) is 7.76. The van der Waals surface area contributed by atoms with Gasteiger partial charge < -0.3 is 13.9 Å². The largest absolute Gasteiger partial charge is 0.454 e. The highest BCUT2D eigenvalue weighted by atomic mass is 32.2. The van der Waals surface area contributed by atoms with E-state index in [0.29, 0.717) is 37.6 Å². The zero-order chi connectivity index (χ0) is 19.3. The van der Waals surface area contributed by atoms with Crippen LogP contribution in [0.1, 0.15) is 5.56 Å². The lowest BCUT2D eigenvalue weighted by molar-refractivity contribution is -0.113. The summed E-state index contributed by atoms with van der Waals surface area (Å²) in [4.78, 5) is 27.0. The van der Waals surface area contributed by atoms with Crippen LogP contribution in [-0.2, 0) is 4.79 Å². The van der Waals surface area contributed by atoms with E-state index >= 15 is 0 Å². The van der Waals surface area contributed by atoms with Crippen molar-refractivity contribution in [1.29, 1.82) is 0 Å². The maximum Gasteiger partial charge on any atom is 0.343 e. The van der Waals surface area contributed by atoms with Crippen molar-refractivity contribution in [3.05, 3.63) is 69.4 Å². The second-order valence-electron chi connectivity index (χ2n) is 6.08. The lowest BCUT2D eigenvalue weighted by Crippen LogP contribution is -2.27. The number of fused-ring (bicyclic) bond motifs is 2. The molecule has 138 valence electrons. The Labute approximate surface area is 168 Å². The summed E-state index contributed by atoms with van der Waals surface area (Å²) in [5.41, 5.74) is 0.871. The molecule has 0 saturated carbocycles. The average Bonchev–Trinajstić information content (AvgIpc) is 3.26. The van der Waals surface area contributed by atoms with Gasteiger partial charge in [0, 0.05) is 11.5 Å². The Hall–Kier alpha value is -3.10. The standard InChI is InChI=1S/C20H11NO5S2/c22-18-17(8-12-7-11-3-1-2-4-14(11)26-19(12)23)28-20(27)21(18)13-5-6-15-16(9-13)25-10-24-15/h1-9H,10H2/b17-8+. The number of carbonyl (C=O) groups excluding carboxylic acids is 1. The lowest BCUT2D eigenvalue weighted by atomic mass is 10.1. The van der Waals surface area contributed by atoms with Gasteiger partial charge in [0.15, 0.2) is 15.8 Å². The number of hydrogen-bond donors (Lipinski definition) is 0. The van der Waals surface area contributed by atoms with Crippen molar-refractivity contribution in [1.82, 2.24) is 0 Å². The van der Waals surface area contributed by atoms with Gasteiger partial charge in [0.1, 0.15) is 5.58 Å². The normalized spacial score (nSPS) is 17.1. The van der Waals surface area contributed by atoms with E-state index in [9.17, 15) is 9.59 Å². The van der Waals surface area contributed by atoms with Crippen LogP contribution in [-0.4, -0.2) is 17.0 Å². The Morgan fingerprint density at radius 2 is 1.86 bits per heavy atom. The van der Waals surface area contributed by atoms with Crippen molar-refractivity contribution in [2.24, 2.45) is 0 Å². The molecule has 3 aromatic rings. The van der Waals surface area contributed by atoms with Crippen LogP contribution >= 0.6 is 24.0 Å². The molecule has 5 rings (SSSR count). The molecule has 0 bridgehead atoms. The molecule has 28 heavy (non-hydrogen) atoms. The summed E-state index contributed by atoms with van der Waals surface area (Å²) in [6.07, 6.45) is 1.52. The van der Waals surface area contributed by atoms with E-state index in [-0.39, 0.29) is 12.7 Å². The molecule has 1 fully saturated rings. The highest BCUT2D eigenvalue weighted by molar-refractivity contribution is 8.27. The van der Waals surface area contributed by atoms with Crippen LogP contribution in [0.3, 0.4) is 0 Å². The van der Waals surface area contributed by atoms with E-state index < -0.39 is 5.63 Å². The Morgan fingerprint density at radius 1 is 1.04 bits per heavy atom. The number of para-hydroxylation sites is 1. The molecular weight excluding hydrogens is 398 g/mol. The van der Waals surface area contributed by atoms with Gasteiger partial charge in [0.2, 0.25) is 6.79 Å². The van der Waals surface area contributed by atoms with Crippen molar-refractivity contribution in [3.8, 4) is 11.5 Å². The maximum absolute atomic E-state index is 12.9. The van der Waals surface area contributed by atoms with Gasteiger partial charge in [0.25, 0.3) is 5.91 Å². The monoisotopic (exact) mass is 409 g/mol. The predicted molar refractivity (Wildman–Crippen MR) is 111 cm³/mol. The second kappa shape index (κ2) is 6.50. The smallest absolute Gasteiger partial charge is 0.343 e. The van der Waals surface area contributed by atoms with Crippen LogP contribution in [0, 0.1) is 0 Å². The Bertz CT molecular complexity index is 1250. The summed E-state index contributed by atoms with van der Waals surface area (Å²) >= 11 is 6.52. The Kier molecular flexibility index (Phi) is 3.96. The predicted octanol–water partition coefficient (Wildman–Crippen LogP) is 3.93. The Balaban J connectivity index is 1.52. The zero-order valence-electron chi connectivity index (χ0n) is 14.2. The van der Waals surface area contributed by atoms with Gasteiger partial charge in [-0.1, -0.05) is 42.2 Å². The zero-order valence-corrected chi connectivity index (χ0v) is 15.8. The van der Waals surface area contributed by atoms with Gasteiger partial charge in [-0.15, -0.1) is 0 Å². The first-order valence-corrected chi connectivity index (χ1v) is 9.53. The van der Waals surface area contributed by atoms with Crippen LogP contribution in [0.15, 0.2) is 62.6 Å². The van der Waals surface area contributed by atoms with Crippen molar-refractivity contribution >= 4 is 56.9 Å². The van der Waals surface area contributed by atoms with E-state index in [1.165, 1.54) is 11.0 Å². The number of thiocarbonyl (C=S) groups is 1. The molecule has 2 aliphatic heterocycles. The number of benzene rings is 2. The van der Waals surface area contributed by atoms with E-state index in [1.807, 2.05) is 12.1 Å². The number of hydrogen-bond acceptors (Lipinski definition) is 7. The van der Waals surface area contributed by atoms with E-state index in [4.69, 9.17) is 26.1 Å². The minimum atomic E-state index is -0.507. The highest BCUT2D eigenvalue weighted by Crippen LogP contribution is 2.40. The molecule has 1 saturated heterocycles. The van der Waals surface area contributed by atoms with Crippen molar-refractivity contribution in [2.45, 2.75) is 0 Å². The summed E-state index contributed by atoms with van der Waals surface area (Å²) in [5, 5.41) is 0.777. The van der Waals surface area contributed by atoms with Gasteiger partial charge in [0.05, 0.1) is 16.2 Å². The van der Waals surface area contributed by atoms with E-state index in [1.54, 1.807) is 36.4 Å². The number of ether oxygens (including phenoxy) is 2. The van der Waals surface area contributed by atoms with Crippen LogP contribution in [0.4, 0.5) is 5.69 Å². The molecule has 6 nitrogen and oxygen atoms in total. The SMILES string of the molecule is O=C1/C(=C\c2cc3ccccc3oc2=O)SC(=S)N1c1ccc2c(c1)OCO2.